The standard InChI is InChI=1S/C29H51N3O8/c1-7-14-38-27(36)32-23-18-28(4,5)20-29(6,19-23)21-31-26(35)40-16-12-10-8-9-11-15-39-25(34)30-13-17-37-24(33)22(2)3/h23H,2,7-21H2,1,3-6H3,(H,30,34)(H,31,35)(H,32,36). The van der Waals surface area contributed by atoms with Crippen LogP contribution < -0.4 is 16.0 Å². The van der Waals surface area contributed by atoms with Crippen molar-refractivity contribution in [3.63, 3.8) is 0 Å². The van der Waals surface area contributed by atoms with Gasteiger partial charge in [-0.2, -0.15) is 0 Å². The Morgan fingerprint density at radius 3 is 1.95 bits per heavy atom. The van der Waals surface area contributed by atoms with Crippen molar-refractivity contribution in [3.05, 3.63) is 12.2 Å². The van der Waals surface area contributed by atoms with Crippen molar-refractivity contribution >= 4 is 24.2 Å². The smallest absolute Gasteiger partial charge is 0.407 e. The molecule has 0 bridgehead atoms. The molecule has 0 radical (unpaired) electrons. The molecule has 3 amide bonds. The van der Waals surface area contributed by atoms with Crippen molar-refractivity contribution in [1.29, 1.82) is 0 Å². The topological polar surface area (TPSA) is 141 Å². The zero-order valence-electron chi connectivity index (χ0n) is 25.2. The van der Waals surface area contributed by atoms with E-state index in [1.165, 1.54) is 0 Å². The van der Waals surface area contributed by atoms with Crippen LogP contribution in [0, 0.1) is 10.8 Å². The molecule has 1 fully saturated rings. The van der Waals surface area contributed by atoms with Gasteiger partial charge in [0.2, 0.25) is 0 Å². The number of hydrogen-bond donors (Lipinski definition) is 3. The summed E-state index contributed by atoms with van der Waals surface area (Å²) in [5.41, 5.74) is 0.166. The molecular formula is C29H51N3O8. The molecule has 0 aliphatic heterocycles. The second kappa shape index (κ2) is 18.4. The van der Waals surface area contributed by atoms with E-state index in [0.29, 0.717) is 31.9 Å². The van der Waals surface area contributed by atoms with E-state index in [-0.39, 0.29) is 36.1 Å². The molecule has 3 N–H and O–H groups in total. The van der Waals surface area contributed by atoms with Gasteiger partial charge in [-0.05, 0) is 56.3 Å². The second-order valence-corrected chi connectivity index (χ2v) is 11.8. The Kier molecular flexibility index (Phi) is 16.1. The molecule has 0 aromatic heterocycles. The van der Waals surface area contributed by atoms with Crippen molar-refractivity contribution in [1.82, 2.24) is 16.0 Å². The highest BCUT2D eigenvalue weighted by atomic mass is 16.6. The maximum Gasteiger partial charge on any atom is 0.407 e. The van der Waals surface area contributed by atoms with Crippen LogP contribution in [0.25, 0.3) is 0 Å². The number of unbranched alkanes of at least 4 members (excludes halogenated alkanes) is 4. The van der Waals surface area contributed by atoms with Crippen LogP contribution >= 0.6 is 0 Å². The van der Waals surface area contributed by atoms with Crippen LogP contribution in [0.4, 0.5) is 14.4 Å². The van der Waals surface area contributed by atoms with Crippen LogP contribution in [0.5, 0.6) is 0 Å². The summed E-state index contributed by atoms with van der Waals surface area (Å²) in [5.74, 6) is -0.491. The largest absolute Gasteiger partial charge is 0.460 e. The monoisotopic (exact) mass is 569 g/mol. The normalized spacial score (nSPS) is 19.6. The Balaban J connectivity index is 2.12. The first-order valence-corrected chi connectivity index (χ1v) is 14.4. The third-order valence-electron chi connectivity index (χ3n) is 6.57. The van der Waals surface area contributed by atoms with Crippen molar-refractivity contribution in [2.75, 3.05) is 39.5 Å². The highest BCUT2D eigenvalue weighted by Gasteiger charge is 2.42. The molecule has 0 heterocycles. The number of alkyl carbamates (subject to hydrolysis) is 3. The lowest BCUT2D eigenvalue weighted by Gasteiger charge is -2.46. The first-order valence-electron chi connectivity index (χ1n) is 14.4. The maximum absolute atomic E-state index is 12.3. The molecule has 0 saturated heterocycles. The lowest BCUT2D eigenvalue weighted by molar-refractivity contribution is -0.138. The van der Waals surface area contributed by atoms with Gasteiger partial charge in [-0.3, -0.25) is 0 Å². The molecule has 11 nitrogen and oxygen atoms in total. The van der Waals surface area contributed by atoms with Crippen molar-refractivity contribution < 1.29 is 38.1 Å². The number of amides is 3. The summed E-state index contributed by atoms with van der Waals surface area (Å²) < 4.78 is 20.5. The first kappa shape index (κ1) is 35.0. The second-order valence-electron chi connectivity index (χ2n) is 11.8. The Labute approximate surface area is 239 Å². The van der Waals surface area contributed by atoms with E-state index in [1.54, 1.807) is 6.92 Å². The van der Waals surface area contributed by atoms with Gasteiger partial charge in [-0.1, -0.05) is 53.5 Å². The van der Waals surface area contributed by atoms with E-state index in [9.17, 15) is 19.2 Å². The fourth-order valence-electron chi connectivity index (χ4n) is 5.15. The quantitative estimate of drug-likeness (QED) is 0.0936. The molecule has 0 spiro atoms. The van der Waals surface area contributed by atoms with Crippen LogP contribution in [0.2, 0.25) is 0 Å². The number of hydrogen-bond acceptors (Lipinski definition) is 8. The molecule has 0 aromatic rings. The predicted molar refractivity (Wildman–Crippen MR) is 152 cm³/mol. The molecule has 1 rings (SSSR count). The lowest BCUT2D eigenvalue weighted by atomic mass is 9.62. The van der Waals surface area contributed by atoms with Crippen molar-refractivity contribution in [2.24, 2.45) is 10.8 Å². The fourth-order valence-corrected chi connectivity index (χ4v) is 5.15. The maximum atomic E-state index is 12.3. The van der Waals surface area contributed by atoms with Gasteiger partial charge < -0.3 is 34.9 Å². The van der Waals surface area contributed by atoms with Gasteiger partial charge in [0.25, 0.3) is 0 Å². The van der Waals surface area contributed by atoms with Gasteiger partial charge >= 0.3 is 24.2 Å². The third-order valence-corrected chi connectivity index (χ3v) is 6.57. The van der Waals surface area contributed by atoms with Crippen LogP contribution in [-0.2, 0) is 23.7 Å². The van der Waals surface area contributed by atoms with E-state index in [1.807, 2.05) is 6.92 Å². The van der Waals surface area contributed by atoms with Crippen molar-refractivity contribution in [3.8, 4) is 0 Å². The lowest BCUT2D eigenvalue weighted by Crippen LogP contribution is -2.50. The number of nitrogens with one attached hydrogen (secondary N) is 3. The van der Waals surface area contributed by atoms with Crippen molar-refractivity contribution in [2.45, 2.75) is 98.4 Å². The molecule has 1 saturated carbocycles. The molecule has 2 atom stereocenters. The highest BCUT2D eigenvalue weighted by Crippen LogP contribution is 2.45. The van der Waals surface area contributed by atoms with Gasteiger partial charge in [0.1, 0.15) is 6.61 Å². The van der Waals surface area contributed by atoms with Crippen LogP contribution in [0.1, 0.15) is 92.4 Å². The molecular weight excluding hydrogens is 518 g/mol. The summed E-state index contributed by atoms with van der Waals surface area (Å²) in [6.07, 6.45) is 6.21. The SMILES string of the molecule is C=C(C)C(=O)OCCNC(=O)OCCCCCCCOC(=O)NCC1(C)CC(NC(=O)OCCC)CC(C)(C)C1. The highest BCUT2D eigenvalue weighted by molar-refractivity contribution is 5.86. The van der Waals surface area contributed by atoms with Gasteiger partial charge in [0, 0.05) is 18.2 Å². The Morgan fingerprint density at radius 1 is 0.775 bits per heavy atom. The van der Waals surface area contributed by atoms with Gasteiger partial charge in [0.05, 0.1) is 26.4 Å². The number of carbonyl (C=O) groups is 4. The zero-order valence-corrected chi connectivity index (χ0v) is 25.2. The minimum Gasteiger partial charge on any atom is -0.460 e. The Morgan fingerprint density at radius 2 is 1.35 bits per heavy atom. The van der Waals surface area contributed by atoms with E-state index in [4.69, 9.17) is 18.9 Å². The Hall–Kier alpha value is -2.98. The van der Waals surface area contributed by atoms with Crippen LogP contribution in [0.15, 0.2) is 12.2 Å². The number of ether oxygens (including phenoxy) is 4. The first-order chi connectivity index (χ1) is 18.9. The third kappa shape index (κ3) is 16.2. The average molecular weight is 570 g/mol. The van der Waals surface area contributed by atoms with E-state index in [2.05, 4.69) is 43.3 Å². The zero-order chi connectivity index (χ0) is 30.0. The summed E-state index contributed by atoms with van der Waals surface area (Å²) in [6.45, 7) is 15.3. The minimum atomic E-state index is -0.544. The van der Waals surface area contributed by atoms with Gasteiger partial charge in [0.15, 0.2) is 0 Å². The number of rotatable bonds is 17. The number of carbonyl (C=O) groups excluding carboxylic acids is 4. The number of esters is 1. The van der Waals surface area contributed by atoms with Gasteiger partial charge in [-0.25, -0.2) is 19.2 Å². The molecule has 40 heavy (non-hydrogen) atoms. The van der Waals surface area contributed by atoms with E-state index in [0.717, 1.165) is 57.8 Å². The molecule has 1 aliphatic carbocycles. The average Bonchev–Trinajstić information content (AvgIpc) is 2.86. The molecule has 11 heteroatoms. The molecule has 2 unspecified atom stereocenters. The summed E-state index contributed by atoms with van der Waals surface area (Å²) >= 11 is 0. The summed E-state index contributed by atoms with van der Waals surface area (Å²) in [6, 6.07) is -0.00553. The van der Waals surface area contributed by atoms with E-state index >= 15 is 0 Å². The summed E-state index contributed by atoms with van der Waals surface area (Å²) in [7, 11) is 0. The fraction of sp³-hybridized carbons (Fsp3) is 0.793. The molecule has 230 valence electrons. The molecule has 1 aliphatic rings. The predicted octanol–water partition coefficient (Wildman–Crippen LogP) is 5.23. The van der Waals surface area contributed by atoms with E-state index < -0.39 is 18.2 Å². The summed E-state index contributed by atoms with van der Waals surface area (Å²) in [5, 5.41) is 8.42. The van der Waals surface area contributed by atoms with Crippen LogP contribution in [0.3, 0.4) is 0 Å². The minimum absolute atomic E-state index is 0.00553. The van der Waals surface area contributed by atoms with Crippen LogP contribution in [-0.4, -0.2) is 69.8 Å². The van der Waals surface area contributed by atoms with Gasteiger partial charge in [-0.15, -0.1) is 0 Å². The Bertz CT molecular complexity index is 832. The molecule has 0 aromatic carbocycles. The summed E-state index contributed by atoms with van der Waals surface area (Å²) in [4.78, 5) is 47.1.